The van der Waals surface area contributed by atoms with Crippen molar-refractivity contribution in [3.8, 4) is 0 Å². The minimum absolute atomic E-state index is 0.0365. The molecule has 0 aliphatic carbocycles. The van der Waals surface area contributed by atoms with Crippen molar-refractivity contribution in [2.24, 2.45) is 7.05 Å². The van der Waals surface area contributed by atoms with Crippen molar-refractivity contribution in [3.63, 3.8) is 0 Å². The van der Waals surface area contributed by atoms with Gasteiger partial charge in [0, 0.05) is 42.3 Å². The average molecular weight is 329 g/mol. The van der Waals surface area contributed by atoms with Crippen molar-refractivity contribution in [1.82, 2.24) is 19.0 Å². The number of carbonyl (C=O) groups excluding carboxylic acids is 1. The first-order valence-electron chi connectivity index (χ1n) is 7.67. The fourth-order valence-electron chi connectivity index (χ4n) is 3.25. The van der Waals surface area contributed by atoms with Gasteiger partial charge in [0.1, 0.15) is 5.69 Å². The Morgan fingerprint density at radius 3 is 3.00 bits per heavy atom. The zero-order chi connectivity index (χ0) is 16.0. The van der Waals surface area contributed by atoms with Gasteiger partial charge in [0.15, 0.2) is 0 Å². The average Bonchev–Trinajstić information content (AvgIpc) is 3.06. The molecule has 0 bridgehead atoms. The monoisotopic (exact) mass is 328 g/mol. The Hall–Kier alpha value is -2.27. The van der Waals surface area contributed by atoms with Crippen LogP contribution in [0.2, 0.25) is 5.02 Å². The lowest BCUT2D eigenvalue weighted by Crippen LogP contribution is -2.32. The molecule has 1 aliphatic rings. The van der Waals surface area contributed by atoms with E-state index in [0.717, 1.165) is 36.1 Å². The molecule has 0 radical (unpaired) electrons. The number of aryl methyl sites for hydroxylation is 2. The van der Waals surface area contributed by atoms with Crippen molar-refractivity contribution in [2.75, 3.05) is 6.54 Å². The van der Waals surface area contributed by atoms with Crippen molar-refractivity contribution in [1.29, 1.82) is 0 Å². The maximum Gasteiger partial charge on any atom is 0.270 e. The molecule has 0 saturated carbocycles. The highest BCUT2D eigenvalue weighted by Gasteiger charge is 2.23. The van der Waals surface area contributed by atoms with Crippen LogP contribution in [0.4, 0.5) is 0 Å². The third-order valence-corrected chi connectivity index (χ3v) is 4.85. The number of halogens is 1. The van der Waals surface area contributed by atoms with Gasteiger partial charge in [0.25, 0.3) is 5.91 Å². The second-order valence-corrected chi connectivity index (χ2v) is 6.33. The minimum atomic E-state index is 0.0365. The second-order valence-electron chi connectivity index (χ2n) is 5.92. The van der Waals surface area contributed by atoms with Crippen LogP contribution < -0.4 is 0 Å². The van der Waals surface area contributed by atoms with Crippen LogP contribution in [0, 0.1) is 0 Å². The van der Waals surface area contributed by atoms with E-state index in [9.17, 15) is 4.79 Å². The first kappa shape index (κ1) is 14.3. The molecular weight excluding hydrogens is 312 g/mol. The van der Waals surface area contributed by atoms with E-state index in [1.165, 1.54) is 0 Å². The second kappa shape index (κ2) is 5.42. The van der Waals surface area contributed by atoms with Gasteiger partial charge < -0.3 is 14.0 Å². The Morgan fingerprint density at radius 2 is 2.17 bits per heavy atom. The Labute approximate surface area is 139 Å². The lowest BCUT2D eigenvalue weighted by atomic mass is 10.2. The molecule has 0 fully saturated rings. The van der Waals surface area contributed by atoms with Crippen LogP contribution in [-0.4, -0.2) is 31.5 Å². The predicted octanol–water partition coefficient (Wildman–Crippen LogP) is 3.07. The van der Waals surface area contributed by atoms with Gasteiger partial charge in [-0.2, -0.15) is 0 Å². The zero-order valence-corrected chi connectivity index (χ0v) is 13.6. The first-order chi connectivity index (χ1) is 11.1. The molecule has 6 heteroatoms. The number of benzene rings is 1. The Bertz CT molecular complexity index is 895. The van der Waals surface area contributed by atoms with Crippen LogP contribution in [-0.2, 0) is 20.1 Å². The maximum atomic E-state index is 13.0. The van der Waals surface area contributed by atoms with Crippen LogP contribution in [0.25, 0.3) is 10.9 Å². The van der Waals surface area contributed by atoms with Gasteiger partial charge >= 0.3 is 0 Å². The Balaban J connectivity index is 1.72. The molecule has 0 spiro atoms. The Morgan fingerprint density at radius 1 is 1.30 bits per heavy atom. The molecule has 1 aromatic carbocycles. The molecule has 1 aliphatic heterocycles. The maximum absolute atomic E-state index is 13.0. The largest absolute Gasteiger partial charge is 0.340 e. The third kappa shape index (κ3) is 2.32. The first-order valence-corrected chi connectivity index (χ1v) is 8.05. The van der Waals surface area contributed by atoms with E-state index in [-0.39, 0.29) is 5.91 Å². The SMILES string of the molecule is Cn1c(C(=O)N2CCCn3cncc3C2)cc2c(Cl)cccc21. The summed E-state index contributed by atoms with van der Waals surface area (Å²) in [4.78, 5) is 19.1. The Kier molecular flexibility index (Phi) is 3.38. The van der Waals surface area contributed by atoms with Crippen molar-refractivity contribution in [3.05, 3.63) is 53.2 Å². The van der Waals surface area contributed by atoms with Gasteiger partial charge in [0.05, 0.1) is 18.6 Å². The van der Waals surface area contributed by atoms with Crippen LogP contribution in [0.1, 0.15) is 22.6 Å². The lowest BCUT2D eigenvalue weighted by Gasteiger charge is -2.20. The smallest absolute Gasteiger partial charge is 0.270 e. The van der Waals surface area contributed by atoms with Crippen molar-refractivity contribution in [2.45, 2.75) is 19.5 Å². The van der Waals surface area contributed by atoms with Crippen LogP contribution in [0.3, 0.4) is 0 Å². The summed E-state index contributed by atoms with van der Waals surface area (Å²) in [5.41, 5.74) is 2.72. The molecule has 0 atom stereocenters. The van der Waals surface area contributed by atoms with Crippen molar-refractivity contribution >= 4 is 28.4 Å². The molecular formula is C17H17ClN4O. The zero-order valence-electron chi connectivity index (χ0n) is 12.9. The van der Waals surface area contributed by atoms with E-state index >= 15 is 0 Å². The standard InChI is InChI=1S/C17H17ClN4O/c1-20-15-5-2-4-14(18)13(15)8-16(20)17(23)21-6-3-7-22-11-19-9-12(22)10-21/h2,4-5,8-9,11H,3,6-7,10H2,1H3. The number of imidazole rings is 1. The molecule has 3 heterocycles. The molecule has 3 aromatic rings. The van der Waals surface area contributed by atoms with E-state index in [2.05, 4.69) is 9.55 Å². The number of amides is 1. The number of hydrogen-bond donors (Lipinski definition) is 0. The van der Waals surface area contributed by atoms with Gasteiger partial charge in [-0.3, -0.25) is 4.79 Å². The van der Waals surface area contributed by atoms with Gasteiger partial charge in [-0.15, -0.1) is 0 Å². The lowest BCUT2D eigenvalue weighted by molar-refractivity contribution is 0.0736. The van der Waals surface area contributed by atoms with E-state index in [1.807, 2.05) is 53.3 Å². The number of nitrogens with zero attached hydrogens (tertiary/aromatic N) is 4. The normalized spacial score (nSPS) is 14.8. The quantitative estimate of drug-likeness (QED) is 0.689. The fourth-order valence-corrected chi connectivity index (χ4v) is 3.48. The summed E-state index contributed by atoms with van der Waals surface area (Å²) in [6, 6.07) is 7.63. The highest BCUT2D eigenvalue weighted by atomic mass is 35.5. The predicted molar refractivity (Wildman–Crippen MR) is 89.5 cm³/mol. The summed E-state index contributed by atoms with van der Waals surface area (Å²) in [5.74, 6) is 0.0365. The molecule has 23 heavy (non-hydrogen) atoms. The highest BCUT2D eigenvalue weighted by molar-refractivity contribution is 6.35. The van der Waals surface area contributed by atoms with E-state index in [1.54, 1.807) is 0 Å². The number of hydrogen-bond acceptors (Lipinski definition) is 2. The number of fused-ring (bicyclic) bond motifs is 2. The highest BCUT2D eigenvalue weighted by Crippen LogP contribution is 2.27. The van der Waals surface area contributed by atoms with Gasteiger partial charge in [-0.25, -0.2) is 4.98 Å². The summed E-state index contributed by atoms with van der Waals surface area (Å²) < 4.78 is 4.04. The van der Waals surface area contributed by atoms with E-state index < -0.39 is 0 Å². The number of rotatable bonds is 1. The molecule has 0 unspecified atom stereocenters. The van der Waals surface area contributed by atoms with Crippen LogP contribution in [0.15, 0.2) is 36.8 Å². The molecule has 0 N–H and O–H groups in total. The summed E-state index contributed by atoms with van der Waals surface area (Å²) >= 11 is 6.26. The van der Waals surface area contributed by atoms with Gasteiger partial charge in [0.2, 0.25) is 0 Å². The van der Waals surface area contributed by atoms with E-state index in [4.69, 9.17) is 11.6 Å². The molecule has 118 valence electrons. The minimum Gasteiger partial charge on any atom is -0.340 e. The molecule has 0 saturated heterocycles. The van der Waals surface area contributed by atoms with Crippen molar-refractivity contribution < 1.29 is 4.79 Å². The summed E-state index contributed by atoms with van der Waals surface area (Å²) in [6.07, 6.45) is 4.60. The number of aromatic nitrogens is 3. The summed E-state index contributed by atoms with van der Waals surface area (Å²) in [7, 11) is 1.91. The topological polar surface area (TPSA) is 43.1 Å². The molecule has 1 amide bonds. The third-order valence-electron chi connectivity index (χ3n) is 4.52. The molecule has 2 aromatic heterocycles. The summed E-state index contributed by atoms with van der Waals surface area (Å²) in [6.45, 7) is 2.24. The molecule has 5 nitrogen and oxygen atoms in total. The number of carbonyl (C=O) groups is 1. The van der Waals surface area contributed by atoms with Gasteiger partial charge in [-0.1, -0.05) is 17.7 Å². The van der Waals surface area contributed by atoms with Gasteiger partial charge in [-0.05, 0) is 24.6 Å². The molecule has 4 rings (SSSR count). The van der Waals surface area contributed by atoms with Crippen LogP contribution in [0.5, 0.6) is 0 Å². The van der Waals surface area contributed by atoms with Crippen LogP contribution >= 0.6 is 11.6 Å². The summed E-state index contributed by atoms with van der Waals surface area (Å²) in [5, 5.41) is 1.59. The van der Waals surface area contributed by atoms with E-state index in [0.29, 0.717) is 17.3 Å². The fraction of sp³-hybridized carbons (Fsp3) is 0.294.